The van der Waals surface area contributed by atoms with Gasteiger partial charge in [-0.2, -0.15) is 0 Å². The minimum absolute atomic E-state index is 0.186. The van der Waals surface area contributed by atoms with Gasteiger partial charge in [-0.05, 0) is 58.0 Å². The summed E-state index contributed by atoms with van der Waals surface area (Å²) in [7, 11) is 0. The summed E-state index contributed by atoms with van der Waals surface area (Å²) in [4.78, 5) is 2.64. The van der Waals surface area contributed by atoms with Gasteiger partial charge in [0.05, 0.1) is 0 Å². The van der Waals surface area contributed by atoms with E-state index >= 15 is 0 Å². The predicted octanol–water partition coefficient (Wildman–Crippen LogP) is 3.40. The van der Waals surface area contributed by atoms with Crippen LogP contribution in [0.25, 0.3) is 0 Å². The largest absolute Gasteiger partial charge is 0.326 e. The van der Waals surface area contributed by atoms with Crippen molar-refractivity contribution in [3.63, 3.8) is 0 Å². The monoisotopic (exact) mass is 252 g/mol. The fraction of sp³-hybridized carbons (Fsp3) is 1.00. The zero-order chi connectivity index (χ0) is 13.2. The molecule has 0 amide bonds. The highest BCUT2D eigenvalue weighted by Crippen LogP contribution is 2.38. The third kappa shape index (κ3) is 2.75. The second kappa shape index (κ2) is 5.92. The third-order valence-corrected chi connectivity index (χ3v) is 5.69. The molecule has 0 bridgehead atoms. The van der Waals surface area contributed by atoms with Crippen LogP contribution in [-0.2, 0) is 0 Å². The van der Waals surface area contributed by atoms with Crippen molar-refractivity contribution in [2.24, 2.45) is 17.6 Å². The summed E-state index contributed by atoms with van der Waals surface area (Å²) in [5.74, 6) is 1.62. The van der Waals surface area contributed by atoms with Gasteiger partial charge in [0.1, 0.15) is 0 Å². The summed E-state index contributed by atoms with van der Waals surface area (Å²) in [5, 5.41) is 0. The molecule has 3 unspecified atom stereocenters. The fourth-order valence-electron chi connectivity index (χ4n) is 4.24. The number of likely N-dealkylation sites (tertiary alicyclic amines) is 1. The molecular weight excluding hydrogens is 220 g/mol. The number of nitrogens with two attached hydrogens (primary N) is 1. The van der Waals surface area contributed by atoms with E-state index in [-0.39, 0.29) is 5.54 Å². The summed E-state index contributed by atoms with van der Waals surface area (Å²) in [5.41, 5.74) is 6.92. The van der Waals surface area contributed by atoms with Crippen LogP contribution in [0.15, 0.2) is 0 Å². The lowest BCUT2D eigenvalue weighted by atomic mass is 9.69. The molecule has 2 rings (SSSR count). The lowest BCUT2D eigenvalue weighted by molar-refractivity contribution is 0.0614. The molecule has 0 aromatic heterocycles. The van der Waals surface area contributed by atoms with Gasteiger partial charge in [0.25, 0.3) is 0 Å². The smallest absolute Gasteiger partial charge is 0.0306 e. The van der Waals surface area contributed by atoms with E-state index in [2.05, 4.69) is 25.7 Å². The van der Waals surface area contributed by atoms with Gasteiger partial charge in [0.2, 0.25) is 0 Å². The summed E-state index contributed by atoms with van der Waals surface area (Å²) in [6.07, 6.45) is 9.61. The van der Waals surface area contributed by atoms with Crippen molar-refractivity contribution in [1.29, 1.82) is 0 Å². The average molecular weight is 252 g/mol. The quantitative estimate of drug-likeness (QED) is 0.831. The summed E-state index contributed by atoms with van der Waals surface area (Å²) >= 11 is 0. The van der Waals surface area contributed by atoms with Gasteiger partial charge in [-0.15, -0.1) is 0 Å². The van der Waals surface area contributed by atoms with Crippen molar-refractivity contribution < 1.29 is 0 Å². The Kier molecular flexibility index (Phi) is 4.71. The van der Waals surface area contributed by atoms with Gasteiger partial charge in [0.15, 0.2) is 0 Å². The second-order valence-corrected chi connectivity index (χ2v) is 6.99. The molecule has 0 aromatic carbocycles. The van der Waals surface area contributed by atoms with Gasteiger partial charge in [-0.1, -0.05) is 32.6 Å². The maximum atomic E-state index is 6.73. The van der Waals surface area contributed by atoms with Gasteiger partial charge in [-0.3, -0.25) is 4.90 Å². The first kappa shape index (κ1) is 14.3. The molecule has 2 N–H and O–H groups in total. The van der Waals surface area contributed by atoms with Crippen LogP contribution in [0.2, 0.25) is 0 Å². The van der Waals surface area contributed by atoms with Gasteiger partial charge in [0, 0.05) is 11.6 Å². The molecule has 1 aliphatic carbocycles. The Morgan fingerprint density at radius 3 is 2.33 bits per heavy atom. The van der Waals surface area contributed by atoms with Crippen molar-refractivity contribution in [3.8, 4) is 0 Å². The molecule has 2 fully saturated rings. The molecule has 2 nitrogen and oxygen atoms in total. The Morgan fingerprint density at radius 1 is 1.11 bits per heavy atom. The molecule has 2 heteroatoms. The van der Waals surface area contributed by atoms with Crippen molar-refractivity contribution in [2.45, 2.75) is 77.3 Å². The van der Waals surface area contributed by atoms with Crippen LogP contribution in [-0.4, -0.2) is 29.6 Å². The molecule has 1 saturated heterocycles. The normalized spacial score (nSPS) is 32.7. The highest BCUT2D eigenvalue weighted by Gasteiger charge is 2.41. The third-order valence-electron chi connectivity index (χ3n) is 5.69. The van der Waals surface area contributed by atoms with Crippen LogP contribution in [0.4, 0.5) is 0 Å². The Balaban J connectivity index is 2.05. The molecule has 1 heterocycles. The SMILES string of the molecule is CCC1CCCCC1C(N)C(C)(C)N1CCCC1. The van der Waals surface area contributed by atoms with Crippen LogP contribution in [0.5, 0.6) is 0 Å². The molecule has 106 valence electrons. The Hall–Kier alpha value is -0.0800. The minimum atomic E-state index is 0.186. The van der Waals surface area contributed by atoms with E-state index in [0.717, 1.165) is 11.8 Å². The lowest BCUT2D eigenvalue weighted by Gasteiger charge is -2.47. The zero-order valence-corrected chi connectivity index (χ0v) is 12.6. The van der Waals surface area contributed by atoms with E-state index < -0.39 is 0 Å². The first-order valence-corrected chi connectivity index (χ1v) is 8.08. The topological polar surface area (TPSA) is 29.3 Å². The van der Waals surface area contributed by atoms with Gasteiger partial charge >= 0.3 is 0 Å². The first-order chi connectivity index (χ1) is 8.57. The van der Waals surface area contributed by atoms with Gasteiger partial charge < -0.3 is 5.73 Å². The first-order valence-electron chi connectivity index (χ1n) is 8.08. The van der Waals surface area contributed by atoms with E-state index in [1.165, 1.54) is 58.0 Å². The Labute approximate surface area is 113 Å². The van der Waals surface area contributed by atoms with Crippen LogP contribution in [0, 0.1) is 11.8 Å². The number of hydrogen-bond donors (Lipinski definition) is 1. The van der Waals surface area contributed by atoms with Crippen molar-refractivity contribution >= 4 is 0 Å². The molecule has 1 aliphatic heterocycles. The van der Waals surface area contributed by atoms with E-state index in [1.807, 2.05) is 0 Å². The van der Waals surface area contributed by atoms with E-state index in [0.29, 0.717) is 6.04 Å². The number of hydrogen-bond acceptors (Lipinski definition) is 2. The molecule has 3 atom stereocenters. The molecule has 0 radical (unpaired) electrons. The summed E-state index contributed by atoms with van der Waals surface area (Å²) in [6.45, 7) is 9.61. The Bertz CT molecular complexity index is 256. The van der Waals surface area contributed by atoms with Crippen LogP contribution in [0.3, 0.4) is 0 Å². The molecule has 0 aromatic rings. The number of rotatable bonds is 4. The maximum absolute atomic E-state index is 6.73. The molecular formula is C16H32N2. The fourth-order valence-corrected chi connectivity index (χ4v) is 4.24. The minimum Gasteiger partial charge on any atom is -0.326 e. The zero-order valence-electron chi connectivity index (χ0n) is 12.6. The average Bonchev–Trinajstić information content (AvgIpc) is 2.92. The lowest BCUT2D eigenvalue weighted by Crippen LogP contribution is -2.59. The van der Waals surface area contributed by atoms with Crippen LogP contribution in [0.1, 0.15) is 65.7 Å². The van der Waals surface area contributed by atoms with Crippen LogP contribution < -0.4 is 5.73 Å². The molecule has 0 spiro atoms. The molecule has 1 saturated carbocycles. The van der Waals surface area contributed by atoms with E-state index in [1.54, 1.807) is 0 Å². The summed E-state index contributed by atoms with van der Waals surface area (Å²) in [6, 6.07) is 0.348. The highest BCUT2D eigenvalue weighted by molar-refractivity contribution is 4.99. The van der Waals surface area contributed by atoms with Crippen molar-refractivity contribution in [2.75, 3.05) is 13.1 Å². The predicted molar refractivity (Wildman–Crippen MR) is 78.6 cm³/mol. The van der Waals surface area contributed by atoms with E-state index in [9.17, 15) is 0 Å². The maximum Gasteiger partial charge on any atom is 0.0306 e. The second-order valence-electron chi connectivity index (χ2n) is 6.99. The van der Waals surface area contributed by atoms with E-state index in [4.69, 9.17) is 5.73 Å². The van der Waals surface area contributed by atoms with Crippen LogP contribution >= 0.6 is 0 Å². The van der Waals surface area contributed by atoms with Crippen molar-refractivity contribution in [3.05, 3.63) is 0 Å². The Morgan fingerprint density at radius 2 is 1.72 bits per heavy atom. The summed E-state index contributed by atoms with van der Waals surface area (Å²) < 4.78 is 0. The molecule has 18 heavy (non-hydrogen) atoms. The standard InChI is InChI=1S/C16H32N2/c1-4-13-9-5-6-10-14(13)15(17)16(2,3)18-11-7-8-12-18/h13-15H,4-12,17H2,1-3H3. The number of nitrogens with zero attached hydrogens (tertiary/aromatic N) is 1. The highest BCUT2D eigenvalue weighted by atomic mass is 15.2. The molecule has 2 aliphatic rings. The van der Waals surface area contributed by atoms with Crippen molar-refractivity contribution in [1.82, 2.24) is 4.90 Å². The van der Waals surface area contributed by atoms with Gasteiger partial charge in [-0.25, -0.2) is 0 Å².